The number of aromatic nitrogens is 1. The van der Waals surface area contributed by atoms with Crippen molar-refractivity contribution >= 4 is 44.7 Å². The maximum Gasteiger partial charge on any atom is 0.307 e. The van der Waals surface area contributed by atoms with E-state index in [1.165, 1.54) is 6.42 Å². The summed E-state index contributed by atoms with van der Waals surface area (Å²) in [5, 5.41) is 12.9. The SMILES string of the molecule is C=S(=O)(NC(C)(C)C)c1ccc(-c2oc(C(=O)NCC(C)(C)O)nc2CC2CCCCC2)c(Cl)c1Cl. The van der Waals surface area contributed by atoms with Crippen molar-refractivity contribution in [3.63, 3.8) is 0 Å². The van der Waals surface area contributed by atoms with Gasteiger partial charge in [0.25, 0.3) is 5.89 Å². The molecule has 1 aromatic heterocycles. The van der Waals surface area contributed by atoms with Crippen LogP contribution >= 0.6 is 23.2 Å². The lowest BCUT2D eigenvalue weighted by molar-refractivity contribution is 0.0678. The standard InChI is InChI=1S/C26H37Cl2N3O4S/c1-25(2,3)31-36(6,34)19-13-12-17(20(27)21(19)28)22-18(14-16-10-8-7-9-11-16)30-24(35-22)23(32)29-15-26(4,5)33/h12-13,16,33H,6-11,14-15H2,1-5H3,(H,29,32)(H,31,34). The third kappa shape index (κ3) is 7.48. The van der Waals surface area contributed by atoms with Crippen LogP contribution in [0.25, 0.3) is 11.3 Å². The van der Waals surface area contributed by atoms with Crippen LogP contribution in [0, 0.1) is 5.92 Å². The summed E-state index contributed by atoms with van der Waals surface area (Å²) in [6.07, 6.45) is 6.37. The first kappa shape index (κ1) is 29.0. The summed E-state index contributed by atoms with van der Waals surface area (Å²) in [5.41, 5.74) is -0.442. The lowest BCUT2D eigenvalue weighted by atomic mass is 9.85. The molecule has 7 nitrogen and oxygen atoms in total. The van der Waals surface area contributed by atoms with Gasteiger partial charge in [0.05, 0.1) is 35.9 Å². The highest BCUT2D eigenvalue weighted by atomic mass is 35.5. The molecule has 1 atom stereocenters. The van der Waals surface area contributed by atoms with E-state index in [9.17, 15) is 14.1 Å². The van der Waals surface area contributed by atoms with E-state index < -0.39 is 26.8 Å². The van der Waals surface area contributed by atoms with E-state index in [0.717, 1.165) is 25.7 Å². The molecule has 2 aromatic rings. The summed E-state index contributed by atoms with van der Waals surface area (Å²) in [7, 11) is -2.93. The lowest BCUT2D eigenvalue weighted by Gasteiger charge is -2.25. The number of amides is 1. The molecule has 1 aromatic carbocycles. The Hall–Kier alpha value is -1.58. The number of carbonyl (C=O) groups is 1. The molecule has 1 unspecified atom stereocenters. The van der Waals surface area contributed by atoms with Crippen LogP contribution in [-0.2, 0) is 16.1 Å². The molecule has 1 fully saturated rings. The van der Waals surface area contributed by atoms with E-state index >= 15 is 0 Å². The monoisotopic (exact) mass is 557 g/mol. The van der Waals surface area contributed by atoms with E-state index in [1.807, 2.05) is 20.8 Å². The molecule has 0 saturated heterocycles. The average Bonchev–Trinajstić information content (AvgIpc) is 3.15. The summed E-state index contributed by atoms with van der Waals surface area (Å²) in [5.74, 6) is 4.02. The summed E-state index contributed by atoms with van der Waals surface area (Å²) in [4.78, 5) is 17.6. The van der Waals surface area contributed by atoms with Gasteiger partial charge in [-0.05, 0) is 65.0 Å². The molecule has 1 heterocycles. The quantitative estimate of drug-likeness (QED) is 0.363. The average molecular weight is 559 g/mol. The molecule has 10 heteroatoms. The zero-order valence-corrected chi connectivity index (χ0v) is 24.0. The minimum atomic E-state index is -2.93. The van der Waals surface area contributed by atoms with Crippen LogP contribution in [0.4, 0.5) is 0 Å². The Balaban J connectivity index is 2.02. The maximum atomic E-state index is 13.3. The topological polar surface area (TPSA) is 104 Å². The van der Waals surface area contributed by atoms with Gasteiger partial charge in [-0.1, -0.05) is 55.3 Å². The normalized spacial score (nSPS) is 17.1. The molecule has 0 radical (unpaired) electrons. The van der Waals surface area contributed by atoms with E-state index in [2.05, 4.69) is 20.9 Å². The Kier molecular flexibility index (Phi) is 8.88. The second kappa shape index (κ2) is 11.0. The fourth-order valence-corrected chi connectivity index (χ4v) is 6.97. The Morgan fingerprint density at radius 3 is 2.39 bits per heavy atom. The van der Waals surface area contributed by atoms with Gasteiger partial charge in [-0.15, -0.1) is 0 Å². The highest BCUT2D eigenvalue weighted by molar-refractivity contribution is 7.98. The molecule has 0 spiro atoms. The molecule has 3 rings (SSSR count). The summed E-state index contributed by atoms with van der Waals surface area (Å²) in [6.45, 7) is 8.90. The van der Waals surface area contributed by atoms with E-state index in [-0.39, 0.29) is 22.5 Å². The zero-order chi connectivity index (χ0) is 26.9. The van der Waals surface area contributed by atoms with Crippen molar-refractivity contribution in [2.45, 2.75) is 89.2 Å². The molecular weight excluding hydrogens is 521 g/mol. The molecular formula is C26H37Cl2N3O4S. The number of nitrogens with one attached hydrogen (secondary N) is 2. The number of benzene rings is 1. The van der Waals surface area contributed by atoms with Crippen LogP contribution < -0.4 is 10.0 Å². The summed E-state index contributed by atoms with van der Waals surface area (Å²) in [6, 6.07) is 3.31. The van der Waals surface area contributed by atoms with Crippen molar-refractivity contribution in [2.24, 2.45) is 5.92 Å². The highest BCUT2D eigenvalue weighted by Crippen LogP contribution is 2.40. The first-order chi connectivity index (χ1) is 16.6. The van der Waals surface area contributed by atoms with E-state index in [0.29, 0.717) is 34.3 Å². The van der Waals surface area contributed by atoms with Gasteiger partial charge in [-0.25, -0.2) is 13.9 Å². The van der Waals surface area contributed by atoms with Crippen molar-refractivity contribution in [3.8, 4) is 11.3 Å². The number of aliphatic hydroxyl groups is 1. The first-order valence-corrected chi connectivity index (χ1v) is 14.7. The van der Waals surface area contributed by atoms with Gasteiger partial charge in [-0.2, -0.15) is 0 Å². The van der Waals surface area contributed by atoms with Crippen LogP contribution in [-0.4, -0.2) is 43.8 Å². The number of halogens is 2. The van der Waals surface area contributed by atoms with Crippen molar-refractivity contribution in [1.82, 2.24) is 15.0 Å². The van der Waals surface area contributed by atoms with Gasteiger partial charge in [-0.3, -0.25) is 4.79 Å². The van der Waals surface area contributed by atoms with Gasteiger partial charge in [0.2, 0.25) is 0 Å². The minimum absolute atomic E-state index is 0.0431. The van der Waals surface area contributed by atoms with Gasteiger partial charge in [0.15, 0.2) is 5.76 Å². The number of oxazole rings is 1. The summed E-state index contributed by atoms with van der Waals surface area (Å²) < 4.78 is 22.3. The lowest BCUT2D eigenvalue weighted by Crippen LogP contribution is -2.40. The molecule has 36 heavy (non-hydrogen) atoms. The molecule has 0 aliphatic heterocycles. The Morgan fingerprint density at radius 2 is 1.81 bits per heavy atom. The Labute approximate surface area is 224 Å². The van der Waals surface area contributed by atoms with Crippen LogP contribution in [0.3, 0.4) is 0 Å². The molecule has 1 saturated carbocycles. The smallest absolute Gasteiger partial charge is 0.307 e. The molecule has 200 valence electrons. The predicted molar refractivity (Wildman–Crippen MR) is 147 cm³/mol. The Morgan fingerprint density at radius 1 is 1.17 bits per heavy atom. The second-order valence-corrected chi connectivity index (χ2v) is 14.0. The zero-order valence-electron chi connectivity index (χ0n) is 21.7. The molecule has 3 N–H and O–H groups in total. The van der Waals surface area contributed by atoms with Crippen LogP contribution in [0.2, 0.25) is 10.0 Å². The second-order valence-electron chi connectivity index (χ2n) is 11.3. The fourth-order valence-electron chi connectivity index (χ4n) is 4.35. The minimum Gasteiger partial charge on any atom is -0.432 e. The number of hydrogen-bond donors (Lipinski definition) is 3. The highest BCUT2D eigenvalue weighted by Gasteiger charge is 2.28. The summed E-state index contributed by atoms with van der Waals surface area (Å²) >= 11 is 13.3. The van der Waals surface area contributed by atoms with Crippen LogP contribution in [0.5, 0.6) is 0 Å². The van der Waals surface area contributed by atoms with Crippen molar-refractivity contribution in [1.29, 1.82) is 0 Å². The molecule has 1 amide bonds. The van der Waals surface area contributed by atoms with E-state index in [1.54, 1.807) is 26.0 Å². The van der Waals surface area contributed by atoms with Crippen LogP contribution in [0.1, 0.15) is 83.1 Å². The Bertz CT molecular complexity index is 1200. The van der Waals surface area contributed by atoms with E-state index in [4.69, 9.17) is 27.6 Å². The number of hydrogen-bond acceptors (Lipinski definition) is 5. The van der Waals surface area contributed by atoms with Crippen molar-refractivity contribution in [2.75, 3.05) is 6.54 Å². The maximum absolute atomic E-state index is 13.3. The number of nitrogens with zero attached hydrogens (tertiary/aromatic N) is 1. The molecule has 1 aliphatic rings. The van der Waals surface area contributed by atoms with Crippen LogP contribution in [0.15, 0.2) is 21.4 Å². The molecule has 0 bridgehead atoms. The first-order valence-electron chi connectivity index (χ1n) is 12.2. The van der Waals surface area contributed by atoms with Gasteiger partial charge >= 0.3 is 5.91 Å². The number of carbonyl (C=O) groups excluding carboxylic acids is 1. The van der Waals surface area contributed by atoms with Gasteiger partial charge in [0.1, 0.15) is 0 Å². The van der Waals surface area contributed by atoms with Crippen molar-refractivity contribution < 1.29 is 18.5 Å². The third-order valence-electron chi connectivity index (χ3n) is 5.90. The van der Waals surface area contributed by atoms with Crippen molar-refractivity contribution in [3.05, 3.63) is 33.8 Å². The van der Waals surface area contributed by atoms with Gasteiger partial charge in [0, 0.05) is 17.6 Å². The molecule has 1 aliphatic carbocycles. The fraction of sp³-hybridized carbons (Fsp3) is 0.577. The number of rotatable bonds is 8. The largest absolute Gasteiger partial charge is 0.432 e. The van der Waals surface area contributed by atoms with Gasteiger partial charge < -0.3 is 14.8 Å². The third-order valence-corrected chi connectivity index (χ3v) is 8.88. The predicted octanol–water partition coefficient (Wildman–Crippen LogP) is 5.65.